The highest BCUT2D eigenvalue weighted by Crippen LogP contribution is 2.15. The van der Waals surface area contributed by atoms with Crippen molar-refractivity contribution in [3.8, 4) is 0 Å². The van der Waals surface area contributed by atoms with E-state index in [9.17, 15) is 9.59 Å². The Labute approximate surface area is 151 Å². The predicted molar refractivity (Wildman–Crippen MR) is 96.6 cm³/mol. The van der Waals surface area contributed by atoms with Crippen LogP contribution in [0.15, 0.2) is 36.7 Å². The number of carbonyl (C=O) groups is 2. The second-order valence-corrected chi connectivity index (χ2v) is 6.03. The average Bonchev–Trinajstić information content (AvgIpc) is 2.63. The molecular formula is C18H22N4O4. The molecule has 0 unspecified atom stereocenters. The number of aromatic nitrogens is 2. The number of carboxylic acids is 2. The Hall–Kier alpha value is -3.00. The molecule has 1 aromatic carbocycles. The lowest BCUT2D eigenvalue weighted by molar-refractivity contribution is 0.0696. The number of hydrogen-bond donors (Lipinski definition) is 3. The highest BCUT2D eigenvalue weighted by molar-refractivity contribution is 5.93. The van der Waals surface area contributed by atoms with Crippen molar-refractivity contribution in [3.63, 3.8) is 0 Å². The lowest BCUT2D eigenvalue weighted by Gasteiger charge is -2.30. The molecule has 1 aliphatic heterocycles. The fourth-order valence-electron chi connectivity index (χ4n) is 2.52. The van der Waals surface area contributed by atoms with Gasteiger partial charge in [-0.25, -0.2) is 14.6 Å². The van der Waals surface area contributed by atoms with Crippen LogP contribution in [0.1, 0.15) is 39.3 Å². The third kappa shape index (κ3) is 5.52. The lowest BCUT2D eigenvalue weighted by atomic mass is 10.1. The Morgan fingerprint density at radius 2 is 1.69 bits per heavy atom. The van der Waals surface area contributed by atoms with Crippen molar-refractivity contribution in [2.45, 2.75) is 25.8 Å². The van der Waals surface area contributed by atoms with E-state index in [4.69, 9.17) is 15.9 Å². The Morgan fingerprint density at radius 3 is 2.19 bits per heavy atom. The number of benzene rings is 1. The van der Waals surface area contributed by atoms with Gasteiger partial charge < -0.3 is 20.8 Å². The number of anilines is 1. The predicted octanol–water partition coefficient (Wildman–Crippen LogP) is 1.80. The molecule has 0 aliphatic carbocycles. The molecule has 0 saturated carbocycles. The summed E-state index contributed by atoms with van der Waals surface area (Å²) >= 11 is 0. The summed E-state index contributed by atoms with van der Waals surface area (Å²) in [5, 5.41) is 17.0. The van der Waals surface area contributed by atoms with Gasteiger partial charge in [0, 0.05) is 25.3 Å². The summed E-state index contributed by atoms with van der Waals surface area (Å²) < 4.78 is 0. The van der Waals surface area contributed by atoms with Crippen molar-refractivity contribution < 1.29 is 19.8 Å². The summed E-state index contributed by atoms with van der Waals surface area (Å²) in [5.41, 5.74) is 6.77. The van der Waals surface area contributed by atoms with Gasteiger partial charge >= 0.3 is 11.9 Å². The molecule has 0 amide bonds. The standard InChI is InChI=1S/C10H16N4.C8H6O4/c1-8-6-12-7-10(13-8)14-4-2-9(11)3-5-14;9-7(10)5-2-1-3-6(4-5)8(11)12/h6-7,9H,2-5,11H2,1H3;1-4H,(H,9,10)(H,11,12). The van der Waals surface area contributed by atoms with E-state index >= 15 is 0 Å². The van der Waals surface area contributed by atoms with Gasteiger partial charge in [-0.15, -0.1) is 0 Å². The van der Waals surface area contributed by atoms with E-state index in [1.54, 1.807) is 6.20 Å². The van der Waals surface area contributed by atoms with E-state index in [1.807, 2.05) is 13.1 Å². The molecule has 0 bridgehead atoms. The Bertz CT molecular complexity index is 744. The Morgan fingerprint density at radius 1 is 1.12 bits per heavy atom. The summed E-state index contributed by atoms with van der Waals surface area (Å²) in [5.74, 6) is -1.27. The van der Waals surface area contributed by atoms with Gasteiger partial charge in [-0.2, -0.15) is 0 Å². The third-order valence-electron chi connectivity index (χ3n) is 3.96. The Kier molecular flexibility index (Phi) is 6.62. The zero-order valence-corrected chi connectivity index (χ0v) is 14.5. The van der Waals surface area contributed by atoms with E-state index in [2.05, 4.69) is 14.9 Å². The van der Waals surface area contributed by atoms with Crippen molar-refractivity contribution in [1.82, 2.24) is 9.97 Å². The SMILES string of the molecule is Cc1cncc(N2CCC(N)CC2)n1.O=C(O)c1cccc(C(=O)O)c1. The van der Waals surface area contributed by atoms with E-state index in [0.717, 1.165) is 43.5 Å². The van der Waals surface area contributed by atoms with Gasteiger partial charge in [0.1, 0.15) is 5.82 Å². The fraction of sp³-hybridized carbons (Fsp3) is 0.333. The first kappa shape index (κ1) is 19.3. The van der Waals surface area contributed by atoms with Gasteiger partial charge in [0.05, 0.1) is 23.0 Å². The minimum Gasteiger partial charge on any atom is -0.478 e. The summed E-state index contributed by atoms with van der Waals surface area (Å²) in [6.07, 6.45) is 5.70. The van der Waals surface area contributed by atoms with Crippen molar-refractivity contribution in [3.05, 3.63) is 53.5 Å². The highest BCUT2D eigenvalue weighted by atomic mass is 16.4. The number of hydrogen-bond acceptors (Lipinski definition) is 6. The average molecular weight is 358 g/mol. The maximum atomic E-state index is 10.4. The monoisotopic (exact) mass is 358 g/mol. The van der Waals surface area contributed by atoms with Gasteiger partial charge in [-0.1, -0.05) is 6.07 Å². The molecule has 8 nitrogen and oxygen atoms in total. The molecule has 26 heavy (non-hydrogen) atoms. The zero-order chi connectivity index (χ0) is 19.1. The molecule has 1 aliphatic rings. The van der Waals surface area contributed by atoms with Crippen molar-refractivity contribution in [2.24, 2.45) is 5.73 Å². The number of rotatable bonds is 3. The molecule has 4 N–H and O–H groups in total. The van der Waals surface area contributed by atoms with Crippen molar-refractivity contribution in [2.75, 3.05) is 18.0 Å². The summed E-state index contributed by atoms with van der Waals surface area (Å²) in [4.78, 5) is 31.6. The molecule has 1 aromatic heterocycles. The molecule has 0 spiro atoms. The minimum atomic E-state index is -1.13. The molecule has 8 heteroatoms. The second-order valence-electron chi connectivity index (χ2n) is 6.03. The maximum Gasteiger partial charge on any atom is 0.335 e. The first-order valence-corrected chi connectivity index (χ1v) is 8.22. The zero-order valence-electron chi connectivity index (χ0n) is 14.5. The molecule has 138 valence electrons. The molecule has 0 atom stereocenters. The molecule has 3 rings (SSSR count). The van der Waals surface area contributed by atoms with Crippen molar-refractivity contribution >= 4 is 17.8 Å². The molecule has 2 aromatic rings. The lowest BCUT2D eigenvalue weighted by Crippen LogP contribution is -2.40. The van der Waals surface area contributed by atoms with Crippen LogP contribution in [0.3, 0.4) is 0 Å². The largest absolute Gasteiger partial charge is 0.478 e. The number of aromatic carboxylic acids is 2. The summed E-state index contributed by atoms with van der Waals surface area (Å²) in [6, 6.07) is 5.56. The molecule has 1 saturated heterocycles. The highest BCUT2D eigenvalue weighted by Gasteiger charge is 2.17. The van der Waals surface area contributed by atoms with Crippen LogP contribution in [-0.2, 0) is 0 Å². The first-order valence-electron chi connectivity index (χ1n) is 8.22. The normalized spacial score (nSPS) is 14.3. The smallest absolute Gasteiger partial charge is 0.335 e. The van der Waals surface area contributed by atoms with Crippen LogP contribution in [0.5, 0.6) is 0 Å². The van der Waals surface area contributed by atoms with Crippen LogP contribution in [-0.4, -0.2) is 51.3 Å². The van der Waals surface area contributed by atoms with Gasteiger partial charge in [-0.3, -0.25) is 4.98 Å². The van der Waals surface area contributed by atoms with Crippen LogP contribution in [0, 0.1) is 6.92 Å². The fourth-order valence-corrected chi connectivity index (χ4v) is 2.52. The number of aryl methyl sites for hydroxylation is 1. The van der Waals surface area contributed by atoms with Crippen LogP contribution in [0.4, 0.5) is 5.82 Å². The topological polar surface area (TPSA) is 130 Å². The third-order valence-corrected chi connectivity index (χ3v) is 3.96. The van der Waals surface area contributed by atoms with Gasteiger partial charge in [0.15, 0.2) is 0 Å². The molecule has 2 heterocycles. The number of piperidine rings is 1. The van der Waals surface area contributed by atoms with E-state index in [-0.39, 0.29) is 11.1 Å². The van der Waals surface area contributed by atoms with Gasteiger partial charge in [-0.05, 0) is 38.0 Å². The minimum absolute atomic E-state index is 0.0186. The van der Waals surface area contributed by atoms with Crippen LogP contribution < -0.4 is 10.6 Å². The number of nitrogens with two attached hydrogens (primary N) is 1. The van der Waals surface area contributed by atoms with Crippen LogP contribution >= 0.6 is 0 Å². The van der Waals surface area contributed by atoms with E-state index < -0.39 is 11.9 Å². The van der Waals surface area contributed by atoms with E-state index in [0.29, 0.717) is 6.04 Å². The van der Waals surface area contributed by atoms with Crippen molar-refractivity contribution in [1.29, 1.82) is 0 Å². The first-order chi connectivity index (χ1) is 12.4. The molecule has 0 radical (unpaired) electrons. The quantitative estimate of drug-likeness (QED) is 0.757. The van der Waals surface area contributed by atoms with Gasteiger partial charge in [0.25, 0.3) is 0 Å². The van der Waals surface area contributed by atoms with Crippen LogP contribution in [0.25, 0.3) is 0 Å². The Balaban J connectivity index is 0.000000190. The second kappa shape index (κ2) is 8.91. The summed E-state index contributed by atoms with van der Waals surface area (Å²) in [6.45, 7) is 3.96. The molecule has 1 fully saturated rings. The summed E-state index contributed by atoms with van der Waals surface area (Å²) in [7, 11) is 0. The van der Waals surface area contributed by atoms with E-state index in [1.165, 1.54) is 18.2 Å². The number of carboxylic acid groups (broad SMARTS) is 2. The number of nitrogens with zero attached hydrogens (tertiary/aromatic N) is 3. The van der Waals surface area contributed by atoms with Gasteiger partial charge in [0.2, 0.25) is 0 Å². The molecular weight excluding hydrogens is 336 g/mol. The van der Waals surface area contributed by atoms with Crippen LogP contribution in [0.2, 0.25) is 0 Å². The maximum absolute atomic E-state index is 10.4.